The molecule has 1 unspecified atom stereocenters. The van der Waals surface area contributed by atoms with Crippen LogP contribution in [0.5, 0.6) is 0 Å². The molecule has 0 fully saturated rings. The highest BCUT2D eigenvalue weighted by atomic mass is 16.3. The van der Waals surface area contributed by atoms with Gasteiger partial charge in [0, 0.05) is 19.1 Å². The molecular formula is C13H16N4O. The zero-order chi connectivity index (χ0) is 12.5. The summed E-state index contributed by atoms with van der Waals surface area (Å²) >= 11 is 0. The van der Waals surface area contributed by atoms with Crippen LogP contribution in [0.25, 0.3) is 0 Å². The van der Waals surface area contributed by atoms with Crippen molar-refractivity contribution in [3.05, 3.63) is 47.2 Å². The van der Waals surface area contributed by atoms with E-state index < -0.39 is 0 Å². The van der Waals surface area contributed by atoms with Crippen LogP contribution in [0.3, 0.4) is 0 Å². The Morgan fingerprint density at radius 2 is 2.11 bits per heavy atom. The first-order valence-electron chi connectivity index (χ1n) is 6.05. The Morgan fingerprint density at radius 1 is 1.33 bits per heavy atom. The number of hydrazine groups is 1. The molecule has 5 nitrogen and oxygen atoms in total. The van der Waals surface area contributed by atoms with E-state index in [1.807, 2.05) is 10.7 Å². The molecule has 1 aliphatic heterocycles. The van der Waals surface area contributed by atoms with Crippen LogP contribution in [0.1, 0.15) is 23.0 Å². The molecule has 0 amide bonds. The number of aryl methyl sites for hydroxylation is 1. The van der Waals surface area contributed by atoms with Crippen LogP contribution < -0.4 is 10.9 Å². The van der Waals surface area contributed by atoms with Crippen LogP contribution in [-0.4, -0.2) is 21.5 Å². The van der Waals surface area contributed by atoms with E-state index in [0.717, 1.165) is 17.1 Å². The third kappa shape index (κ3) is 1.87. The maximum atomic E-state index is 8.94. The highest BCUT2D eigenvalue weighted by molar-refractivity contribution is 5.42. The summed E-state index contributed by atoms with van der Waals surface area (Å²) in [5, 5.41) is 13.4. The molecule has 2 aromatic rings. The number of hydrogen-bond donors (Lipinski definition) is 3. The Morgan fingerprint density at radius 3 is 2.83 bits per heavy atom. The van der Waals surface area contributed by atoms with E-state index >= 15 is 0 Å². The predicted octanol–water partition coefficient (Wildman–Crippen LogP) is 1.20. The minimum Gasteiger partial charge on any atom is -0.396 e. The van der Waals surface area contributed by atoms with E-state index in [1.165, 1.54) is 5.56 Å². The van der Waals surface area contributed by atoms with Gasteiger partial charge < -0.3 is 10.5 Å². The van der Waals surface area contributed by atoms with Crippen molar-refractivity contribution in [3.8, 4) is 0 Å². The molecule has 0 spiro atoms. The summed E-state index contributed by atoms with van der Waals surface area (Å²) in [5.41, 5.74) is 9.61. The van der Waals surface area contributed by atoms with Gasteiger partial charge in [0.2, 0.25) is 0 Å². The standard InChI is InChI=1S/C13H16N4O/c1-9-2-4-10(5-3-9)13-15-14-12-8-11(6-7-18)16-17(12)13/h2-5,8,13-15,18H,6-7H2,1H3. The van der Waals surface area contributed by atoms with E-state index in [9.17, 15) is 0 Å². The van der Waals surface area contributed by atoms with Crippen LogP contribution in [0.4, 0.5) is 5.82 Å². The fraction of sp³-hybridized carbons (Fsp3) is 0.308. The molecule has 1 aromatic carbocycles. The van der Waals surface area contributed by atoms with Gasteiger partial charge in [0.15, 0.2) is 0 Å². The van der Waals surface area contributed by atoms with Crippen molar-refractivity contribution in [1.82, 2.24) is 15.2 Å². The first-order valence-corrected chi connectivity index (χ1v) is 6.05. The molecule has 5 heteroatoms. The lowest BCUT2D eigenvalue weighted by molar-refractivity contribution is 0.297. The molecule has 3 rings (SSSR count). The van der Waals surface area contributed by atoms with Crippen LogP contribution in [0, 0.1) is 6.92 Å². The quantitative estimate of drug-likeness (QED) is 0.759. The van der Waals surface area contributed by atoms with Crippen molar-refractivity contribution < 1.29 is 5.11 Å². The van der Waals surface area contributed by atoms with Crippen LogP contribution in [-0.2, 0) is 6.42 Å². The van der Waals surface area contributed by atoms with Crippen LogP contribution in [0.2, 0.25) is 0 Å². The number of nitrogens with one attached hydrogen (secondary N) is 2. The average molecular weight is 244 g/mol. The van der Waals surface area contributed by atoms with Gasteiger partial charge >= 0.3 is 0 Å². The molecule has 1 aliphatic rings. The van der Waals surface area contributed by atoms with Crippen LogP contribution >= 0.6 is 0 Å². The summed E-state index contributed by atoms with van der Waals surface area (Å²) in [7, 11) is 0. The normalized spacial score (nSPS) is 17.6. The Balaban J connectivity index is 1.91. The minimum atomic E-state index is 0.00745. The summed E-state index contributed by atoms with van der Waals surface area (Å²) in [6.07, 6.45) is 0.593. The number of rotatable bonds is 3. The molecule has 18 heavy (non-hydrogen) atoms. The van der Waals surface area contributed by atoms with Crippen molar-refractivity contribution in [2.45, 2.75) is 19.5 Å². The maximum absolute atomic E-state index is 8.94. The van der Waals surface area contributed by atoms with Crippen molar-refractivity contribution in [2.75, 3.05) is 12.0 Å². The second-order valence-electron chi connectivity index (χ2n) is 4.52. The second kappa shape index (κ2) is 4.44. The van der Waals surface area contributed by atoms with Crippen LogP contribution in [0.15, 0.2) is 30.3 Å². The third-order valence-electron chi connectivity index (χ3n) is 3.13. The van der Waals surface area contributed by atoms with Crippen molar-refractivity contribution in [1.29, 1.82) is 0 Å². The number of fused-ring (bicyclic) bond motifs is 1. The molecular weight excluding hydrogens is 228 g/mol. The third-order valence-corrected chi connectivity index (χ3v) is 3.13. The topological polar surface area (TPSA) is 62.1 Å². The maximum Gasteiger partial charge on any atom is 0.146 e. The van der Waals surface area contributed by atoms with Gasteiger partial charge in [0.05, 0.1) is 5.69 Å². The van der Waals surface area contributed by atoms with Gasteiger partial charge in [-0.25, -0.2) is 10.1 Å². The van der Waals surface area contributed by atoms with Gasteiger partial charge in [-0.05, 0) is 12.5 Å². The van der Waals surface area contributed by atoms with Gasteiger partial charge in [0.1, 0.15) is 12.0 Å². The highest BCUT2D eigenvalue weighted by Crippen LogP contribution is 2.26. The Kier molecular flexibility index (Phi) is 2.77. The van der Waals surface area contributed by atoms with E-state index in [2.05, 4.69) is 47.1 Å². The molecule has 1 aromatic heterocycles. The zero-order valence-electron chi connectivity index (χ0n) is 10.2. The first kappa shape index (κ1) is 11.3. The largest absolute Gasteiger partial charge is 0.396 e. The lowest BCUT2D eigenvalue weighted by atomic mass is 10.1. The average Bonchev–Trinajstić information content (AvgIpc) is 2.90. The number of aromatic nitrogens is 2. The van der Waals surface area contributed by atoms with Gasteiger partial charge in [-0.2, -0.15) is 5.10 Å². The molecule has 0 radical (unpaired) electrons. The summed E-state index contributed by atoms with van der Waals surface area (Å²) in [6, 6.07) is 10.3. The fourth-order valence-electron chi connectivity index (χ4n) is 2.15. The van der Waals surface area contributed by atoms with E-state index in [1.54, 1.807) is 0 Å². The van der Waals surface area contributed by atoms with Gasteiger partial charge in [-0.1, -0.05) is 29.8 Å². The molecule has 0 bridgehead atoms. The van der Waals surface area contributed by atoms with Gasteiger partial charge in [-0.15, -0.1) is 0 Å². The molecule has 0 saturated carbocycles. The molecule has 94 valence electrons. The number of aliphatic hydroxyl groups is 1. The Hall–Kier alpha value is -1.85. The van der Waals surface area contributed by atoms with Crippen molar-refractivity contribution >= 4 is 5.82 Å². The smallest absolute Gasteiger partial charge is 0.146 e. The SMILES string of the molecule is Cc1ccc(C2NNc3cc(CCO)nn32)cc1. The highest BCUT2D eigenvalue weighted by Gasteiger charge is 2.24. The summed E-state index contributed by atoms with van der Waals surface area (Å²) in [5.74, 6) is 0.934. The lowest BCUT2D eigenvalue weighted by Crippen LogP contribution is -2.23. The Labute approximate surface area is 105 Å². The van der Waals surface area contributed by atoms with E-state index in [4.69, 9.17) is 5.11 Å². The van der Waals surface area contributed by atoms with E-state index in [-0.39, 0.29) is 12.8 Å². The number of hydrogen-bond acceptors (Lipinski definition) is 4. The fourth-order valence-corrected chi connectivity index (χ4v) is 2.15. The molecule has 2 heterocycles. The number of aliphatic hydroxyl groups excluding tert-OH is 1. The summed E-state index contributed by atoms with van der Waals surface area (Å²) in [6.45, 7) is 2.20. The van der Waals surface area contributed by atoms with Crippen molar-refractivity contribution in [2.24, 2.45) is 0 Å². The molecule has 0 saturated heterocycles. The number of benzene rings is 1. The number of nitrogens with zero attached hydrogens (tertiary/aromatic N) is 2. The van der Waals surface area contributed by atoms with Gasteiger partial charge in [0.25, 0.3) is 0 Å². The summed E-state index contributed by atoms with van der Waals surface area (Å²) in [4.78, 5) is 0. The number of anilines is 1. The zero-order valence-corrected chi connectivity index (χ0v) is 10.2. The molecule has 3 N–H and O–H groups in total. The second-order valence-corrected chi connectivity index (χ2v) is 4.52. The van der Waals surface area contributed by atoms with Gasteiger partial charge in [-0.3, -0.25) is 0 Å². The molecule has 0 aliphatic carbocycles. The predicted molar refractivity (Wildman–Crippen MR) is 69.1 cm³/mol. The first-order chi connectivity index (χ1) is 8.78. The molecule has 1 atom stereocenters. The minimum absolute atomic E-state index is 0.00745. The van der Waals surface area contributed by atoms with E-state index in [0.29, 0.717) is 6.42 Å². The van der Waals surface area contributed by atoms with Crippen molar-refractivity contribution in [3.63, 3.8) is 0 Å². The Bertz CT molecular complexity index is 547. The monoisotopic (exact) mass is 244 g/mol. The lowest BCUT2D eigenvalue weighted by Gasteiger charge is -2.12. The summed E-state index contributed by atoms with van der Waals surface area (Å²) < 4.78 is 1.91.